The first-order chi connectivity index (χ1) is 10.5. The number of aromatic nitrogens is 1. The summed E-state index contributed by atoms with van der Waals surface area (Å²) in [5.74, 6) is -1.31. The summed E-state index contributed by atoms with van der Waals surface area (Å²) in [6.07, 6.45) is 0. The van der Waals surface area contributed by atoms with Crippen LogP contribution in [0.25, 0.3) is 10.9 Å². The van der Waals surface area contributed by atoms with Gasteiger partial charge in [-0.05, 0) is 37.6 Å². The van der Waals surface area contributed by atoms with Crippen molar-refractivity contribution in [2.45, 2.75) is 19.9 Å². The minimum absolute atomic E-state index is 0.0333. The molecule has 0 spiro atoms. The number of rotatable bonds is 2. The number of H-pyrrole nitrogens is 1. The van der Waals surface area contributed by atoms with Gasteiger partial charge in [-0.25, -0.2) is 4.79 Å². The lowest BCUT2D eigenvalue weighted by molar-refractivity contribution is -0.147. The van der Waals surface area contributed by atoms with E-state index >= 15 is 0 Å². The van der Waals surface area contributed by atoms with Crippen molar-refractivity contribution in [3.63, 3.8) is 0 Å². The number of hydrogen-bond acceptors (Lipinski definition) is 3. The molecule has 1 aliphatic heterocycles. The van der Waals surface area contributed by atoms with Gasteiger partial charge in [-0.2, -0.15) is 0 Å². The summed E-state index contributed by atoms with van der Waals surface area (Å²) in [7, 11) is 0. The Labute approximate surface area is 127 Å². The molecule has 1 amide bonds. The van der Waals surface area contributed by atoms with Crippen LogP contribution in [0.4, 0.5) is 0 Å². The number of amides is 1. The van der Waals surface area contributed by atoms with Gasteiger partial charge in [0.05, 0.1) is 13.2 Å². The van der Waals surface area contributed by atoms with Crippen LogP contribution in [0, 0.1) is 13.8 Å². The van der Waals surface area contributed by atoms with E-state index in [4.69, 9.17) is 4.74 Å². The minimum Gasteiger partial charge on any atom is -0.480 e. The van der Waals surface area contributed by atoms with Gasteiger partial charge < -0.3 is 19.7 Å². The van der Waals surface area contributed by atoms with E-state index in [0.29, 0.717) is 18.7 Å². The van der Waals surface area contributed by atoms with Gasteiger partial charge in [-0.15, -0.1) is 0 Å². The highest BCUT2D eigenvalue weighted by Crippen LogP contribution is 2.23. The van der Waals surface area contributed by atoms with Gasteiger partial charge in [-0.1, -0.05) is 0 Å². The molecule has 2 heterocycles. The highest BCUT2D eigenvalue weighted by Gasteiger charge is 2.33. The molecule has 3 rings (SSSR count). The number of ether oxygens (including phenoxy) is 1. The van der Waals surface area contributed by atoms with Gasteiger partial charge in [0.15, 0.2) is 6.04 Å². The number of carboxylic acid groups (broad SMARTS) is 1. The van der Waals surface area contributed by atoms with Crippen molar-refractivity contribution in [1.82, 2.24) is 9.88 Å². The van der Waals surface area contributed by atoms with Crippen LogP contribution in [0.15, 0.2) is 18.2 Å². The van der Waals surface area contributed by atoms with Crippen LogP contribution in [0.5, 0.6) is 0 Å². The smallest absolute Gasteiger partial charge is 0.328 e. The molecule has 1 aromatic heterocycles. The zero-order valence-corrected chi connectivity index (χ0v) is 12.5. The maximum Gasteiger partial charge on any atom is 0.328 e. The molecule has 22 heavy (non-hydrogen) atoms. The van der Waals surface area contributed by atoms with Gasteiger partial charge in [0.25, 0.3) is 5.91 Å². The third-order valence-corrected chi connectivity index (χ3v) is 4.23. The standard InChI is InChI=1S/C16H18N2O4/c1-9-10(2)17-13-4-3-11(7-12(9)13)15(19)18-5-6-22-8-14(18)16(20)21/h3-4,7,14,17H,5-6,8H2,1-2H3,(H,20,21). The summed E-state index contributed by atoms with van der Waals surface area (Å²) < 4.78 is 5.17. The quantitative estimate of drug-likeness (QED) is 0.884. The molecule has 116 valence electrons. The summed E-state index contributed by atoms with van der Waals surface area (Å²) >= 11 is 0. The average Bonchev–Trinajstić information content (AvgIpc) is 2.81. The van der Waals surface area contributed by atoms with Gasteiger partial charge in [-0.3, -0.25) is 4.79 Å². The maximum absolute atomic E-state index is 12.7. The lowest BCUT2D eigenvalue weighted by atomic mass is 10.1. The Balaban J connectivity index is 1.97. The predicted octanol–water partition coefficient (Wildman–Crippen LogP) is 1.71. The fraction of sp³-hybridized carbons (Fsp3) is 0.375. The fourth-order valence-corrected chi connectivity index (χ4v) is 2.81. The zero-order chi connectivity index (χ0) is 15.9. The first-order valence-corrected chi connectivity index (χ1v) is 7.19. The van der Waals surface area contributed by atoms with Crippen LogP contribution in [-0.4, -0.2) is 52.7 Å². The third kappa shape index (κ3) is 2.35. The highest BCUT2D eigenvalue weighted by molar-refractivity contribution is 6.00. The number of carbonyl (C=O) groups is 2. The number of carbonyl (C=O) groups excluding carboxylic acids is 1. The summed E-state index contributed by atoms with van der Waals surface area (Å²) in [5.41, 5.74) is 3.64. The highest BCUT2D eigenvalue weighted by atomic mass is 16.5. The number of carboxylic acids is 1. The van der Waals surface area contributed by atoms with E-state index in [1.54, 1.807) is 6.07 Å². The van der Waals surface area contributed by atoms with Crippen molar-refractivity contribution < 1.29 is 19.4 Å². The van der Waals surface area contributed by atoms with Crippen molar-refractivity contribution >= 4 is 22.8 Å². The molecule has 1 fully saturated rings. The van der Waals surface area contributed by atoms with Gasteiger partial charge >= 0.3 is 5.97 Å². The number of aromatic amines is 1. The zero-order valence-electron chi connectivity index (χ0n) is 12.5. The van der Waals surface area contributed by atoms with Crippen molar-refractivity contribution in [3.05, 3.63) is 35.0 Å². The third-order valence-electron chi connectivity index (χ3n) is 4.23. The summed E-state index contributed by atoms with van der Waals surface area (Å²) in [6, 6.07) is 4.49. The number of hydrogen-bond donors (Lipinski definition) is 2. The molecular weight excluding hydrogens is 284 g/mol. The van der Waals surface area contributed by atoms with Crippen LogP contribution >= 0.6 is 0 Å². The minimum atomic E-state index is -1.04. The number of nitrogens with one attached hydrogen (secondary N) is 1. The first-order valence-electron chi connectivity index (χ1n) is 7.19. The largest absolute Gasteiger partial charge is 0.480 e. The van der Waals surface area contributed by atoms with Gasteiger partial charge in [0.1, 0.15) is 0 Å². The topological polar surface area (TPSA) is 82.6 Å². The molecule has 0 aliphatic carbocycles. The Morgan fingerprint density at radius 1 is 1.36 bits per heavy atom. The number of morpholine rings is 1. The Kier molecular flexibility index (Phi) is 3.62. The predicted molar refractivity (Wildman–Crippen MR) is 81.1 cm³/mol. The van der Waals surface area contributed by atoms with Crippen molar-refractivity contribution in [2.75, 3.05) is 19.8 Å². The van der Waals surface area contributed by atoms with E-state index in [0.717, 1.165) is 22.2 Å². The molecule has 1 aliphatic rings. The molecule has 0 saturated carbocycles. The fourth-order valence-electron chi connectivity index (χ4n) is 2.81. The van der Waals surface area contributed by atoms with E-state index in [1.807, 2.05) is 26.0 Å². The molecular formula is C16H18N2O4. The number of nitrogens with zero attached hydrogens (tertiary/aromatic N) is 1. The molecule has 2 aromatic rings. The van der Waals surface area contributed by atoms with E-state index in [-0.39, 0.29) is 12.5 Å². The van der Waals surface area contributed by atoms with E-state index in [9.17, 15) is 14.7 Å². The van der Waals surface area contributed by atoms with Crippen LogP contribution in [0.2, 0.25) is 0 Å². The normalized spacial score (nSPS) is 18.6. The second-order valence-electron chi connectivity index (χ2n) is 5.56. The molecule has 2 N–H and O–H groups in total. The molecule has 1 saturated heterocycles. The van der Waals surface area contributed by atoms with Crippen molar-refractivity contribution in [2.24, 2.45) is 0 Å². The second-order valence-corrected chi connectivity index (χ2v) is 5.56. The van der Waals surface area contributed by atoms with E-state index in [1.165, 1.54) is 4.90 Å². The van der Waals surface area contributed by atoms with Crippen molar-refractivity contribution in [1.29, 1.82) is 0 Å². The SMILES string of the molecule is Cc1[nH]c2ccc(C(=O)N3CCOCC3C(=O)O)cc2c1C. The Bertz CT molecular complexity index is 750. The monoisotopic (exact) mass is 302 g/mol. The second kappa shape index (κ2) is 5.46. The maximum atomic E-state index is 12.7. The average molecular weight is 302 g/mol. The Morgan fingerprint density at radius 3 is 2.86 bits per heavy atom. The summed E-state index contributed by atoms with van der Waals surface area (Å²) in [4.78, 5) is 28.6. The van der Waals surface area contributed by atoms with Crippen LogP contribution in [0.1, 0.15) is 21.6 Å². The molecule has 1 atom stereocenters. The lowest BCUT2D eigenvalue weighted by Gasteiger charge is -2.32. The molecule has 6 nitrogen and oxygen atoms in total. The number of aryl methyl sites for hydroxylation is 2. The van der Waals surface area contributed by atoms with Crippen LogP contribution in [-0.2, 0) is 9.53 Å². The first kappa shape index (κ1) is 14.6. The Hall–Kier alpha value is -2.34. The van der Waals surface area contributed by atoms with Crippen LogP contribution in [0.3, 0.4) is 0 Å². The molecule has 1 aromatic carbocycles. The van der Waals surface area contributed by atoms with Gasteiger partial charge in [0, 0.05) is 28.7 Å². The van der Waals surface area contributed by atoms with Crippen molar-refractivity contribution in [3.8, 4) is 0 Å². The summed E-state index contributed by atoms with van der Waals surface area (Å²) in [6.45, 7) is 4.67. The van der Waals surface area contributed by atoms with Crippen LogP contribution < -0.4 is 0 Å². The Morgan fingerprint density at radius 2 is 2.14 bits per heavy atom. The van der Waals surface area contributed by atoms with E-state index in [2.05, 4.69) is 4.98 Å². The van der Waals surface area contributed by atoms with Gasteiger partial charge in [0.2, 0.25) is 0 Å². The number of aliphatic carboxylic acids is 1. The summed E-state index contributed by atoms with van der Waals surface area (Å²) in [5, 5.41) is 10.2. The number of benzene rings is 1. The van der Waals surface area contributed by atoms with E-state index < -0.39 is 12.0 Å². The molecule has 0 bridgehead atoms. The molecule has 0 radical (unpaired) electrons. The lowest BCUT2D eigenvalue weighted by Crippen LogP contribution is -2.52. The molecule has 1 unspecified atom stereocenters. The number of fused-ring (bicyclic) bond motifs is 1. The molecule has 6 heteroatoms.